The number of hydrogen-bond acceptors (Lipinski definition) is 9. The minimum Gasteiger partial charge on any atom is -0.385 e. The van der Waals surface area contributed by atoms with Crippen LogP contribution in [0.3, 0.4) is 0 Å². The summed E-state index contributed by atoms with van der Waals surface area (Å²) in [6.45, 7) is 1.29. The first-order valence-corrected chi connectivity index (χ1v) is 11.9. The van der Waals surface area contributed by atoms with E-state index in [0.717, 1.165) is 6.21 Å². The lowest BCUT2D eigenvalue weighted by Crippen LogP contribution is -2.49. The van der Waals surface area contributed by atoms with E-state index < -0.39 is 41.5 Å². The molecule has 11 nitrogen and oxygen atoms in total. The first kappa shape index (κ1) is 30.2. The van der Waals surface area contributed by atoms with Crippen LogP contribution in [-0.4, -0.2) is 104 Å². The number of methoxy groups -OCH3 is 1. The topological polar surface area (TPSA) is 122 Å². The van der Waals surface area contributed by atoms with Crippen molar-refractivity contribution < 1.29 is 45.4 Å². The Morgan fingerprint density at radius 1 is 1.13 bits per heavy atom. The smallest absolute Gasteiger partial charge is 0.385 e. The van der Waals surface area contributed by atoms with E-state index in [0.29, 0.717) is 38.6 Å². The Kier molecular flexibility index (Phi) is 10.2. The van der Waals surface area contributed by atoms with Crippen molar-refractivity contribution in [1.82, 2.24) is 20.3 Å². The average molecular weight is 567 g/mol. The number of halogens is 6. The molecule has 0 aliphatic carbocycles. The molecule has 1 fully saturated rings. The van der Waals surface area contributed by atoms with Crippen LogP contribution in [0.4, 0.5) is 32.3 Å². The Balaban J connectivity index is 1.47. The molecule has 1 aromatic heterocycles. The second kappa shape index (κ2) is 13.1. The highest BCUT2D eigenvalue weighted by atomic mass is 19.4. The van der Waals surface area contributed by atoms with E-state index in [1.165, 1.54) is 7.11 Å². The maximum absolute atomic E-state index is 13.3. The quantitative estimate of drug-likeness (QED) is 0.338. The summed E-state index contributed by atoms with van der Waals surface area (Å²) in [6, 6.07) is -0.774. The molecule has 216 valence electrons. The summed E-state index contributed by atoms with van der Waals surface area (Å²) in [7, 11) is 1.42. The van der Waals surface area contributed by atoms with E-state index in [2.05, 4.69) is 20.1 Å². The van der Waals surface area contributed by atoms with Gasteiger partial charge in [-0.15, -0.1) is 0 Å². The predicted octanol–water partition coefficient (Wildman–Crippen LogP) is 1.69. The van der Waals surface area contributed by atoms with Crippen LogP contribution in [0, 0.1) is 5.92 Å². The zero-order chi connectivity index (χ0) is 28.6. The summed E-state index contributed by atoms with van der Waals surface area (Å²) in [5.41, 5.74) is 0.291. The van der Waals surface area contributed by atoms with E-state index >= 15 is 0 Å². The molecule has 17 heteroatoms. The molecule has 2 atom stereocenters. The number of rotatable bonds is 10. The molecule has 0 spiro atoms. The number of amides is 2. The van der Waals surface area contributed by atoms with Crippen molar-refractivity contribution in [2.45, 2.75) is 31.2 Å². The van der Waals surface area contributed by atoms with Gasteiger partial charge in [0.15, 0.2) is 5.92 Å². The van der Waals surface area contributed by atoms with Crippen molar-refractivity contribution in [3.63, 3.8) is 0 Å². The van der Waals surface area contributed by atoms with Crippen molar-refractivity contribution in [2.24, 2.45) is 16.0 Å². The fourth-order valence-electron chi connectivity index (χ4n) is 3.83. The highest BCUT2D eigenvalue weighted by Gasteiger charge is 2.49. The molecule has 39 heavy (non-hydrogen) atoms. The third kappa shape index (κ3) is 8.58. The molecule has 2 aliphatic rings. The number of hydrogen-bond donors (Lipinski definition) is 1. The Bertz CT molecular complexity index is 1040. The molecular formula is C22H27F6N7O4. The third-order valence-electron chi connectivity index (χ3n) is 5.89. The van der Waals surface area contributed by atoms with Gasteiger partial charge < -0.3 is 19.3 Å². The number of piperazine rings is 1. The van der Waals surface area contributed by atoms with Gasteiger partial charge in [0.05, 0.1) is 43.2 Å². The number of carbonyl (C=O) groups excluding carboxylic acids is 2. The lowest BCUT2D eigenvalue weighted by atomic mass is 10.0. The van der Waals surface area contributed by atoms with E-state index in [4.69, 9.17) is 9.47 Å². The Morgan fingerprint density at radius 3 is 2.38 bits per heavy atom. The van der Waals surface area contributed by atoms with Gasteiger partial charge in [0.2, 0.25) is 11.9 Å². The van der Waals surface area contributed by atoms with Crippen LogP contribution in [0.2, 0.25) is 0 Å². The molecule has 0 bridgehead atoms. The van der Waals surface area contributed by atoms with Crippen molar-refractivity contribution in [3.8, 4) is 0 Å². The maximum atomic E-state index is 13.3. The summed E-state index contributed by atoms with van der Waals surface area (Å²) in [5.74, 6) is -3.87. The predicted molar refractivity (Wildman–Crippen MR) is 125 cm³/mol. The van der Waals surface area contributed by atoms with Gasteiger partial charge in [-0.25, -0.2) is 15.4 Å². The average Bonchev–Trinajstić information content (AvgIpc) is 2.88. The minimum atomic E-state index is -4.85. The SMILES string of the molecule is COCC[C@@H](COCCC(=O)N1CCN(c2ncc(C(F)(F)F)cn2)CC1)N=C1C=NNC(=O)C1C(F)(F)F. The molecule has 2 amide bonds. The van der Waals surface area contributed by atoms with Gasteiger partial charge in [-0.2, -0.15) is 31.4 Å². The third-order valence-corrected chi connectivity index (χ3v) is 5.89. The summed E-state index contributed by atoms with van der Waals surface area (Å²) >= 11 is 0. The molecule has 1 aromatic rings. The van der Waals surface area contributed by atoms with Gasteiger partial charge in [0, 0.05) is 52.3 Å². The second-order valence-electron chi connectivity index (χ2n) is 8.66. The zero-order valence-corrected chi connectivity index (χ0v) is 20.8. The van der Waals surface area contributed by atoms with Gasteiger partial charge in [0.1, 0.15) is 0 Å². The van der Waals surface area contributed by atoms with Crippen LogP contribution in [-0.2, 0) is 25.2 Å². The minimum absolute atomic E-state index is 0.000606. The fraction of sp³-hybridized carbons (Fsp3) is 0.636. The van der Waals surface area contributed by atoms with E-state index in [9.17, 15) is 35.9 Å². The number of alkyl halides is 6. The summed E-state index contributed by atoms with van der Waals surface area (Å²) in [6.07, 6.45) is -6.91. The van der Waals surface area contributed by atoms with Crippen LogP contribution in [0.1, 0.15) is 18.4 Å². The number of nitrogens with zero attached hydrogens (tertiary/aromatic N) is 6. The van der Waals surface area contributed by atoms with Gasteiger partial charge in [-0.05, 0) is 6.42 Å². The monoisotopic (exact) mass is 567 g/mol. The Morgan fingerprint density at radius 2 is 1.79 bits per heavy atom. The molecule has 2 aliphatic heterocycles. The van der Waals surface area contributed by atoms with Crippen molar-refractivity contribution in [2.75, 3.05) is 58.0 Å². The summed E-state index contributed by atoms with van der Waals surface area (Å²) in [5, 5.41) is 3.41. The number of aromatic nitrogens is 2. The first-order chi connectivity index (χ1) is 18.4. The molecular weight excluding hydrogens is 540 g/mol. The number of ether oxygens (including phenoxy) is 2. The van der Waals surface area contributed by atoms with E-state index in [-0.39, 0.29) is 44.5 Å². The van der Waals surface area contributed by atoms with Crippen LogP contribution in [0.25, 0.3) is 0 Å². The van der Waals surface area contributed by atoms with Gasteiger partial charge in [-0.1, -0.05) is 0 Å². The Hall–Kier alpha value is -3.34. The lowest BCUT2D eigenvalue weighted by molar-refractivity contribution is -0.168. The van der Waals surface area contributed by atoms with Gasteiger partial charge >= 0.3 is 12.4 Å². The number of aliphatic imine (C=N–C) groups is 1. The molecule has 3 heterocycles. The first-order valence-electron chi connectivity index (χ1n) is 11.9. The van der Waals surface area contributed by atoms with Gasteiger partial charge in [-0.3, -0.25) is 14.6 Å². The molecule has 1 saturated heterocycles. The van der Waals surface area contributed by atoms with Crippen molar-refractivity contribution in [3.05, 3.63) is 18.0 Å². The highest BCUT2D eigenvalue weighted by Crippen LogP contribution is 2.29. The second-order valence-corrected chi connectivity index (χ2v) is 8.66. The molecule has 1 unspecified atom stereocenters. The van der Waals surface area contributed by atoms with Crippen LogP contribution < -0.4 is 10.3 Å². The van der Waals surface area contributed by atoms with E-state index in [1.807, 2.05) is 0 Å². The summed E-state index contributed by atoms with van der Waals surface area (Å²) in [4.78, 5) is 39.1. The lowest BCUT2D eigenvalue weighted by Gasteiger charge is -2.34. The summed E-state index contributed by atoms with van der Waals surface area (Å²) < 4.78 is 88.6. The standard InChI is InChI=1S/C22H27F6N7O4/c1-38-8-2-15(32-16-12-31-33-19(37)18(16)22(26,27)28)13-39-9-3-17(36)34-4-6-35(7-5-34)20-29-10-14(11-30-20)21(23,24)25/h10-12,15,18H,2-9,13H2,1H3,(H,33,37)/t15-,18?/m0/s1. The Labute approximate surface area is 219 Å². The molecule has 0 radical (unpaired) electrons. The van der Waals surface area contributed by atoms with E-state index in [1.54, 1.807) is 15.2 Å². The molecule has 0 aromatic carbocycles. The van der Waals surface area contributed by atoms with Crippen LogP contribution in [0.5, 0.6) is 0 Å². The van der Waals surface area contributed by atoms with Crippen molar-refractivity contribution >= 4 is 29.7 Å². The number of hydrazone groups is 1. The van der Waals surface area contributed by atoms with Crippen LogP contribution >= 0.6 is 0 Å². The van der Waals surface area contributed by atoms with Crippen molar-refractivity contribution in [1.29, 1.82) is 0 Å². The number of anilines is 1. The molecule has 3 rings (SSSR count). The number of nitrogens with one attached hydrogen (secondary N) is 1. The van der Waals surface area contributed by atoms with Crippen LogP contribution in [0.15, 0.2) is 22.5 Å². The fourth-order valence-corrected chi connectivity index (χ4v) is 3.83. The van der Waals surface area contributed by atoms with Gasteiger partial charge in [0.25, 0.3) is 5.91 Å². The largest absolute Gasteiger partial charge is 0.419 e. The zero-order valence-electron chi connectivity index (χ0n) is 20.8. The normalized spacial score (nSPS) is 20.3. The molecule has 0 saturated carbocycles. The highest BCUT2D eigenvalue weighted by molar-refractivity contribution is 6.37. The number of carbonyl (C=O) groups is 2. The molecule has 1 N–H and O–H groups in total. The maximum Gasteiger partial charge on any atom is 0.419 e.